The first-order chi connectivity index (χ1) is 6.50. The second-order valence-electron chi connectivity index (χ2n) is 3.43. The van der Waals surface area contributed by atoms with Crippen molar-refractivity contribution in [2.24, 2.45) is 7.05 Å². The maximum atomic E-state index is 10.5. The van der Waals surface area contributed by atoms with Crippen LogP contribution in [0.15, 0.2) is 12.4 Å². The molecule has 0 saturated carbocycles. The Bertz CT molecular complexity index is 322. The summed E-state index contributed by atoms with van der Waals surface area (Å²) in [6.45, 7) is 2.00. The van der Waals surface area contributed by atoms with Gasteiger partial charge < -0.3 is 5.11 Å². The number of nitrogens with zero attached hydrogens (tertiary/aromatic N) is 3. The maximum Gasteiger partial charge on any atom is 0.317 e. The van der Waals surface area contributed by atoms with Crippen molar-refractivity contribution in [1.29, 1.82) is 0 Å². The zero-order valence-electron chi connectivity index (χ0n) is 8.64. The third-order valence-electron chi connectivity index (χ3n) is 2.25. The lowest BCUT2D eigenvalue weighted by atomic mass is 10.2. The fourth-order valence-electron chi connectivity index (χ4n) is 1.26. The van der Waals surface area contributed by atoms with Crippen molar-refractivity contribution in [3.05, 3.63) is 18.0 Å². The molecule has 5 nitrogen and oxygen atoms in total. The van der Waals surface area contributed by atoms with E-state index >= 15 is 0 Å². The van der Waals surface area contributed by atoms with Crippen LogP contribution in [0.2, 0.25) is 0 Å². The number of likely N-dealkylation sites (N-methyl/N-ethyl adjacent to an activating group) is 1. The summed E-state index contributed by atoms with van der Waals surface area (Å²) in [5.74, 6) is -0.816. The van der Waals surface area contributed by atoms with Gasteiger partial charge in [-0.05, 0) is 14.0 Å². The van der Waals surface area contributed by atoms with Crippen LogP contribution in [0.25, 0.3) is 0 Å². The molecule has 1 unspecified atom stereocenters. The van der Waals surface area contributed by atoms with Crippen LogP contribution in [0.5, 0.6) is 0 Å². The summed E-state index contributed by atoms with van der Waals surface area (Å²) in [6, 6.07) is 0.0693. The Hall–Kier alpha value is -1.36. The van der Waals surface area contributed by atoms with Gasteiger partial charge in [0.05, 0.1) is 12.7 Å². The molecule has 0 bridgehead atoms. The first-order valence-electron chi connectivity index (χ1n) is 4.41. The highest BCUT2D eigenvalue weighted by Crippen LogP contribution is 2.16. The molecule has 1 heterocycles. The lowest BCUT2D eigenvalue weighted by Gasteiger charge is -2.21. The molecule has 1 rings (SSSR count). The van der Waals surface area contributed by atoms with Crippen LogP contribution in [0, 0.1) is 0 Å². The molecule has 1 aromatic heterocycles. The number of carboxylic acids is 1. The van der Waals surface area contributed by atoms with E-state index in [2.05, 4.69) is 5.10 Å². The lowest BCUT2D eigenvalue weighted by Crippen LogP contribution is -2.28. The minimum absolute atomic E-state index is 0.0378. The van der Waals surface area contributed by atoms with Gasteiger partial charge in [0, 0.05) is 24.8 Å². The van der Waals surface area contributed by atoms with E-state index in [4.69, 9.17) is 5.11 Å². The van der Waals surface area contributed by atoms with E-state index < -0.39 is 5.97 Å². The standard InChI is InChI=1S/C9H15N3O2/c1-7(11(2)6-9(13)14)8-4-10-12(3)5-8/h4-5,7H,6H2,1-3H3,(H,13,14). The van der Waals surface area contributed by atoms with Gasteiger partial charge in [0.25, 0.3) is 0 Å². The smallest absolute Gasteiger partial charge is 0.317 e. The monoisotopic (exact) mass is 197 g/mol. The van der Waals surface area contributed by atoms with Gasteiger partial charge >= 0.3 is 5.97 Å². The van der Waals surface area contributed by atoms with Gasteiger partial charge in [-0.25, -0.2) is 0 Å². The van der Waals surface area contributed by atoms with Crippen molar-refractivity contribution >= 4 is 5.97 Å². The maximum absolute atomic E-state index is 10.5. The number of rotatable bonds is 4. The first-order valence-corrected chi connectivity index (χ1v) is 4.41. The number of aryl methyl sites for hydroxylation is 1. The van der Waals surface area contributed by atoms with E-state index in [1.165, 1.54) is 0 Å². The minimum atomic E-state index is -0.816. The molecule has 1 N–H and O–H groups in total. The van der Waals surface area contributed by atoms with Crippen molar-refractivity contribution in [2.45, 2.75) is 13.0 Å². The largest absolute Gasteiger partial charge is 0.480 e. The normalized spacial score (nSPS) is 13.1. The second-order valence-corrected chi connectivity index (χ2v) is 3.43. The molecule has 5 heteroatoms. The second kappa shape index (κ2) is 4.23. The van der Waals surface area contributed by atoms with Crippen molar-refractivity contribution in [3.63, 3.8) is 0 Å². The Morgan fingerprint density at radius 1 is 1.79 bits per heavy atom. The Morgan fingerprint density at radius 2 is 2.43 bits per heavy atom. The van der Waals surface area contributed by atoms with Crippen LogP contribution in [0.4, 0.5) is 0 Å². The Kier molecular flexibility index (Phi) is 3.24. The Labute approximate surface area is 82.9 Å². The summed E-state index contributed by atoms with van der Waals surface area (Å²) in [7, 11) is 3.62. The average Bonchev–Trinajstić information content (AvgIpc) is 2.49. The molecule has 1 aromatic rings. The number of carbonyl (C=O) groups is 1. The van der Waals surface area contributed by atoms with E-state index in [0.29, 0.717) is 0 Å². The van der Waals surface area contributed by atoms with E-state index in [-0.39, 0.29) is 12.6 Å². The predicted octanol–water partition coefficient (Wildman–Crippen LogP) is 0.497. The van der Waals surface area contributed by atoms with E-state index in [9.17, 15) is 4.79 Å². The van der Waals surface area contributed by atoms with Crippen LogP contribution >= 0.6 is 0 Å². The summed E-state index contributed by atoms with van der Waals surface area (Å²) in [6.07, 6.45) is 3.64. The summed E-state index contributed by atoms with van der Waals surface area (Å²) >= 11 is 0. The summed E-state index contributed by atoms with van der Waals surface area (Å²) < 4.78 is 1.71. The van der Waals surface area contributed by atoms with Gasteiger partial charge in [-0.3, -0.25) is 14.4 Å². The Balaban J connectivity index is 2.65. The zero-order valence-corrected chi connectivity index (χ0v) is 8.64. The SMILES string of the molecule is CC(c1cnn(C)c1)N(C)CC(=O)O. The summed E-state index contributed by atoms with van der Waals surface area (Å²) in [4.78, 5) is 12.3. The average molecular weight is 197 g/mol. The van der Waals surface area contributed by atoms with Gasteiger partial charge in [0.15, 0.2) is 0 Å². The van der Waals surface area contributed by atoms with Crippen LogP contribution in [0.3, 0.4) is 0 Å². The van der Waals surface area contributed by atoms with Crippen LogP contribution in [-0.2, 0) is 11.8 Å². The predicted molar refractivity (Wildman–Crippen MR) is 51.9 cm³/mol. The molecule has 0 fully saturated rings. The molecule has 78 valence electrons. The third kappa shape index (κ3) is 2.56. The van der Waals surface area contributed by atoms with Crippen molar-refractivity contribution in [3.8, 4) is 0 Å². The van der Waals surface area contributed by atoms with E-state index in [1.54, 1.807) is 22.8 Å². The molecule has 0 spiro atoms. The zero-order chi connectivity index (χ0) is 10.7. The fourth-order valence-corrected chi connectivity index (χ4v) is 1.26. The molecule has 0 aliphatic rings. The fraction of sp³-hybridized carbons (Fsp3) is 0.556. The molecule has 14 heavy (non-hydrogen) atoms. The molecule has 0 aliphatic heterocycles. The Morgan fingerprint density at radius 3 is 2.86 bits per heavy atom. The first kappa shape index (κ1) is 10.7. The van der Waals surface area contributed by atoms with Crippen molar-refractivity contribution in [1.82, 2.24) is 14.7 Å². The molecule has 0 amide bonds. The van der Waals surface area contributed by atoms with Gasteiger partial charge in [-0.1, -0.05) is 0 Å². The number of carboxylic acid groups (broad SMARTS) is 1. The van der Waals surface area contributed by atoms with Gasteiger partial charge in [-0.2, -0.15) is 5.10 Å². The molecular weight excluding hydrogens is 182 g/mol. The van der Waals surface area contributed by atoms with Gasteiger partial charge in [-0.15, -0.1) is 0 Å². The van der Waals surface area contributed by atoms with Crippen molar-refractivity contribution in [2.75, 3.05) is 13.6 Å². The summed E-state index contributed by atoms with van der Waals surface area (Å²) in [5, 5.41) is 12.7. The van der Waals surface area contributed by atoms with Crippen LogP contribution < -0.4 is 0 Å². The number of hydrogen-bond donors (Lipinski definition) is 1. The van der Waals surface area contributed by atoms with Gasteiger partial charge in [0.2, 0.25) is 0 Å². The molecule has 0 radical (unpaired) electrons. The van der Waals surface area contributed by atoms with Crippen molar-refractivity contribution < 1.29 is 9.90 Å². The minimum Gasteiger partial charge on any atom is -0.480 e. The summed E-state index contributed by atoms with van der Waals surface area (Å²) in [5.41, 5.74) is 1.02. The van der Waals surface area contributed by atoms with E-state index in [1.807, 2.05) is 20.2 Å². The third-order valence-corrected chi connectivity index (χ3v) is 2.25. The highest BCUT2D eigenvalue weighted by molar-refractivity contribution is 5.69. The quantitative estimate of drug-likeness (QED) is 0.763. The van der Waals surface area contributed by atoms with E-state index in [0.717, 1.165) is 5.56 Å². The molecular formula is C9H15N3O2. The van der Waals surface area contributed by atoms with Gasteiger partial charge in [0.1, 0.15) is 0 Å². The molecule has 0 saturated heterocycles. The molecule has 1 atom stereocenters. The topological polar surface area (TPSA) is 58.4 Å². The lowest BCUT2D eigenvalue weighted by molar-refractivity contribution is -0.138. The van der Waals surface area contributed by atoms with Crippen LogP contribution in [-0.4, -0.2) is 39.3 Å². The number of hydrogen-bond acceptors (Lipinski definition) is 3. The highest BCUT2D eigenvalue weighted by Gasteiger charge is 2.15. The van der Waals surface area contributed by atoms with Crippen LogP contribution in [0.1, 0.15) is 18.5 Å². The number of aromatic nitrogens is 2. The highest BCUT2D eigenvalue weighted by atomic mass is 16.4. The molecule has 0 aliphatic carbocycles. The molecule has 0 aromatic carbocycles. The number of aliphatic carboxylic acids is 1.